The molecule has 0 bridgehead atoms. The Balaban J connectivity index is 1.79. The molecule has 1 aromatic carbocycles. The second kappa shape index (κ2) is 7.48. The van der Waals surface area contributed by atoms with Gasteiger partial charge in [0, 0.05) is 17.1 Å². The molecule has 12 heteroatoms. The van der Waals surface area contributed by atoms with Crippen LogP contribution in [0.15, 0.2) is 42.2 Å². The summed E-state index contributed by atoms with van der Waals surface area (Å²) < 4.78 is 12.9. The molecule has 2 aromatic heterocycles. The van der Waals surface area contributed by atoms with Gasteiger partial charge in [-0.2, -0.15) is 0 Å². The molecule has 10 nitrogen and oxygen atoms in total. The molecule has 3 N–H and O–H groups in total. The van der Waals surface area contributed by atoms with Crippen molar-refractivity contribution in [3.8, 4) is 0 Å². The first-order valence-electron chi connectivity index (χ1n) is 7.02. The summed E-state index contributed by atoms with van der Waals surface area (Å²) in [5.74, 6) is -1.41. The van der Waals surface area contributed by atoms with Crippen molar-refractivity contribution in [2.45, 2.75) is 0 Å². The average Bonchev–Trinajstić information content (AvgIpc) is 3.13. The number of anilines is 3. The Morgan fingerprint density at radius 1 is 1.15 bits per heavy atom. The van der Waals surface area contributed by atoms with Crippen LogP contribution < -0.4 is 16.2 Å². The summed E-state index contributed by atoms with van der Waals surface area (Å²) in [6, 6.07) is 4.79. The van der Waals surface area contributed by atoms with E-state index < -0.39 is 22.3 Å². The molecule has 0 aliphatic heterocycles. The third-order valence-corrected chi connectivity index (χ3v) is 3.75. The van der Waals surface area contributed by atoms with Gasteiger partial charge in [0.2, 0.25) is 11.6 Å². The molecule has 0 aliphatic rings. The van der Waals surface area contributed by atoms with Gasteiger partial charge in [0.1, 0.15) is 12.1 Å². The van der Waals surface area contributed by atoms with Crippen LogP contribution in [0.2, 0.25) is 0 Å². The van der Waals surface area contributed by atoms with Gasteiger partial charge in [0.15, 0.2) is 5.13 Å². The number of carbonyl (C=O) groups excluding carboxylic acids is 1. The Hall–Kier alpha value is -3.67. The number of amides is 1. The van der Waals surface area contributed by atoms with Gasteiger partial charge in [-0.15, -0.1) is 11.3 Å². The first-order valence-corrected chi connectivity index (χ1v) is 7.90. The molecule has 0 fully saturated rings. The standard InChI is InChI=1S/C14H10FN7O3S/c15-9-3-1-8(2-4-9)13(23)21-20-12-10(22(24)25)11(17-7-18-12)19-14-16-5-6-26-14/h1-7H,(H,21,23)(H2,16,17,18,19,20). The molecule has 0 atom stereocenters. The highest BCUT2D eigenvalue weighted by atomic mass is 32.1. The predicted molar refractivity (Wildman–Crippen MR) is 91.6 cm³/mol. The minimum Gasteiger partial charge on any atom is -0.310 e. The SMILES string of the molecule is O=C(NNc1ncnc(Nc2nccs2)c1[N+](=O)[O-])c1ccc(F)cc1. The molecule has 3 aromatic rings. The molecule has 132 valence electrons. The number of halogens is 1. The van der Waals surface area contributed by atoms with E-state index in [0.29, 0.717) is 5.13 Å². The second-order valence-electron chi connectivity index (χ2n) is 4.72. The van der Waals surface area contributed by atoms with Gasteiger partial charge in [-0.05, 0) is 24.3 Å². The first-order chi connectivity index (χ1) is 12.5. The van der Waals surface area contributed by atoms with Crippen molar-refractivity contribution in [3.63, 3.8) is 0 Å². The first kappa shape index (κ1) is 17.2. The number of thiazole rings is 1. The van der Waals surface area contributed by atoms with Crippen LogP contribution in [0.1, 0.15) is 10.4 Å². The van der Waals surface area contributed by atoms with E-state index in [0.717, 1.165) is 18.5 Å². The lowest BCUT2D eigenvalue weighted by Crippen LogP contribution is -2.30. The van der Waals surface area contributed by atoms with Crippen molar-refractivity contribution in [1.29, 1.82) is 0 Å². The monoisotopic (exact) mass is 375 g/mol. The van der Waals surface area contributed by atoms with Crippen LogP contribution in [0.5, 0.6) is 0 Å². The van der Waals surface area contributed by atoms with Gasteiger partial charge in [-0.1, -0.05) is 0 Å². The molecule has 3 rings (SSSR count). The summed E-state index contributed by atoms with van der Waals surface area (Å²) in [4.78, 5) is 34.3. The molecule has 0 saturated heterocycles. The molecule has 2 heterocycles. The molecule has 1 amide bonds. The van der Waals surface area contributed by atoms with Crippen molar-refractivity contribution in [3.05, 3.63) is 63.7 Å². The smallest absolute Gasteiger partial charge is 0.310 e. The van der Waals surface area contributed by atoms with E-state index in [9.17, 15) is 19.3 Å². The van der Waals surface area contributed by atoms with Crippen LogP contribution in [0.25, 0.3) is 0 Å². The lowest BCUT2D eigenvalue weighted by molar-refractivity contribution is -0.383. The van der Waals surface area contributed by atoms with Crippen LogP contribution >= 0.6 is 11.3 Å². The zero-order valence-electron chi connectivity index (χ0n) is 12.8. The summed E-state index contributed by atoms with van der Waals surface area (Å²) in [6.45, 7) is 0. The predicted octanol–water partition coefficient (Wildman–Crippen LogP) is 2.48. The maximum atomic E-state index is 12.9. The number of nitrogens with one attached hydrogen (secondary N) is 3. The fourth-order valence-electron chi connectivity index (χ4n) is 1.91. The van der Waals surface area contributed by atoms with Gasteiger partial charge >= 0.3 is 5.69 Å². The molecule has 26 heavy (non-hydrogen) atoms. The molecule has 0 saturated carbocycles. The number of nitro groups is 1. The number of aromatic nitrogens is 3. The van der Waals surface area contributed by atoms with Gasteiger partial charge in [-0.3, -0.25) is 25.8 Å². The third-order valence-electron chi connectivity index (χ3n) is 3.06. The topological polar surface area (TPSA) is 135 Å². The van der Waals surface area contributed by atoms with E-state index in [1.807, 2.05) is 0 Å². The molecular formula is C14H10FN7O3S. The van der Waals surface area contributed by atoms with Crippen molar-refractivity contribution >= 4 is 39.7 Å². The molecule has 0 aliphatic carbocycles. The van der Waals surface area contributed by atoms with Crippen LogP contribution in [0.4, 0.5) is 26.8 Å². The lowest BCUT2D eigenvalue weighted by Gasteiger charge is -2.10. The highest BCUT2D eigenvalue weighted by Crippen LogP contribution is 2.31. The number of hydrogen-bond acceptors (Lipinski definition) is 9. The largest absolute Gasteiger partial charge is 0.355 e. The maximum Gasteiger partial charge on any atom is 0.355 e. The van der Waals surface area contributed by atoms with Crippen molar-refractivity contribution < 1.29 is 14.1 Å². The Kier molecular flexibility index (Phi) is 4.94. The van der Waals surface area contributed by atoms with E-state index in [4.69, 9.17) is 0 Å². The Morgan fingerprint density at radius 3 is 2.54 bits per heavy atom. The normalized spacial score (nSPS) is 10.2. The lowest BCUT2D eigenvalue weighted by atomic mass is 10.2. The van der Waals surface area contributed by atoms with Gasteiger partial charge in [0.05, 0.1) is 4.92 Å². The van der Waals surface area contributed by atoms with Crippen molar-refractivity contribution in [2.75, 3.05) is 10.7 Å². The Labute approximate surface area is 149 Å². The number of carbonyl (C=O) groups is 1. The number of rotatable bonds is 6. The van der Waals surface area contributed by atoms with E-state index in [-0.39, 0.29) is 17.2 Å². The third kappa shape index (κ3) is 3.87. The number of hydrazine groups is 1. The zero-order valence-corrected chi connectivity index (χ0v) is 13.7. The van der Waals surface area contributed by atoms with Crippen molar-refractivity contribution in [1.82, 2.24) is 20.4 Å². The van der Waals surface area contributed by atoms with Gasteiger partial charge < -0.3 is 5.32 Å². The average molecular weight is 375 g/mol. The van der Waals surface area contributed by atoms with E-state index in [1.165, 1.54) is 29.7 Å². The Morgan fingerprint density at radius 2 is 1.88 bits per heavy atom. The molecule has 0 spiro atoms. The zero-order chi connectivity index (χ0) is 18.5. The minimum atomic E-state index is -0.692. The quantitative estimate of drug-likeness (QED) is 0.442. The second-order valence-corrected chi connectivity index (χ2v) is 5.62. The number of nitrogens with zero attached hydrogens (tertiary/aromatic N) is 4. The summed E-state index contributed by atoms with van der Waals surface area (Å²) in [5, 5.41) is 16.2. The fraction of sp³-hybridized carbons (Fsp3) is 0. The summed E-state index contributed by atoms with van der Waals surface area (Å²) >= 11 is 1.23. The van der Waals surface area contributed by atoms with Gasteiger partial charge in [-0.25, -0.2) is 19.3 Å². The van der Waals surface area contributed by atoms with E-state index in [2.05, 4.69) is 31.1 Å². The number of hydrogen-bond donors (Lipinski definition) is 3. The summed E-state index contributed by atoms with van der Waals surface area (Å²) in [5.41, 5.74) is 4.35. The minimum absolute atomic E-state index is 0.0847. The van der Waals surface area contributed by atoms with Crippen molar-refractivity contribution in [2.24, 2.45) is 0 Å². The van der Waals surface area contributed by atoms with Crippen LogP contribution in [-0.4, -0.2) is 25.8 Å². The highest BCUT2D eigenvalue weighted by molar-refractivity contribution is 7.13. The van der Waals surface area contributed by atoms with E-state index in [1.54, 1.807) is 5.38 Å². The summed E-state index contributed by atoms with van der Waals surface area (Å²) in [7, 11) is 0. The summed E-state index contributed by atoms with van der Waals surface area (Å²) in [6.07, 6.45) is 2.62. The highest BCUT2D eigenvalue weighted by Gasteiger charge is 2.24. The maximum absolute atomic E-state index is 12.9. The van der Waals surface area contributed by atoms with Crippen LogP contribution in [0, 0.1) is 15.9 Å². The molecule has 0 unspecified atom stereocenters. The number of benzene rings is 1. The van der Waals surface area contributed by atoms with Gasteiger partial charge in [0.25, 0.3) is 5.91 Å². The fourth-order valence-corrected chi connectivity index (χ4v) is 2.44. The molecular weight excluding hydrogens is 365 g/mol. The van der Waals surface area contributed by atoms with Crippen LogP contribution in [-0.2, 0) is 0 Å². The molecule has 0 radical (unpaired) electrons. The van der Waals surface area contributed by atoms with Crippen LogP contribution in [0.3, 0.4) is 0 Å². The Bertz CT molecular complexity index is 934. The van der Waals surface area contributed by atoms with E-state index >= 15 is 0 Å².